The molecule has 1 N–H and O–H groups in total. The zero-order valence-corrected chi connectivity index (χ0v) is 21.1. The standard InChI is InChI=1S/C27H32F3N5O2/c1-19(2)16-35(25(36)15-22-5-3-4-6-23(22)27(28,29)30)18-24-32-26(33-37-24)21-9-7-20(8-10-21)17-34-13-11-31-12-14-34/h3-10,19,31H,11-18H2,1-2H3. The van der Waals surface area contributed by atoms with Crippen molar-refractivity contribution in [2.75, 3.05) is 32.7 Å². The van der Waals surface area contributed by atoms with Crippen molar-refractivity contribution in [1.29, 1.82) is 0 Å². The van der Waals surface area contributed by atoms with E-state index in [-0.39, 0.29) is 30.3 Å². The summed E-state index contributed by atoms with van der Waals surface area (Å²) >= 11 is 0. The molecule has 2 aromatic carbocycles. The first-order valence-corrected chi connectivity index (χ1v) is 12.5. The van der Waals surface area contributed by atoms with Crippen LogP contribution in [0.5, 0.6) is 0 Å². The Morgan fingerprint density at radius 1 is 1.11 bits per heavy atom. The smallest absolute Gasteiger partial charge is 0.337 e. The lowest BCUT2D eigenvalue weighted by molar-refractivity contribution is -0.138. The highest BCUT2D eigenvalue weighted by molar-refractivity contribution is 5.79. The number of carbonyl (C=O) groups is 1. The van der Waals surface area contributed by atoms with Crippen molar-refractivity contribution in [2.24, 2.45) is 5.92 Å². The Morgan fingerprint density at radius 2 is 1.81 bits per heavy atom. The molecule has 1 fully saturated rings. The van der Waals surface area contributed by atoms with Gasteiger partial charge in [-0.05, 0) is 23.1 Å². The first-order chi connectivity index (χ1) is 17.7. The normalized spacial score (nSPS) is 14.8. The second-order valence-electron chi connectivity index (χ2n) is 9.73. The van der Waals surface area contributed by atoms with Crippen LogP contribution in [0, 0.1) is 5.92 Å². The van der Waals surface area contributed by atoms with Gasteiger partial charge in [0.2, 0.25) is 17.6 Å². The second-order valence-corrected chi connectivity index (χ2v) is 9.73. The number of nitrogens with one attached hydrogen (secondary N) is 1. The molecule has 37 heavy (non-hydrogen) atoms. The van der Waals surface area contributed by atoms with Gasteiger partial charge in [0.05, 0.1) is 12.0 Å². The molecule has 0 saturated carbocycles. The maximum atomic E-state index is 13.4. The predicted octanol–water partition coefficient (Wildman–Crippen LogP) is 4.39. The number of carbonyl (C=O) groups excluding carboxylic acids is 1. The maximum absolute atomic E-state index is 13.4. The Morgan fingerprint density at radius 3 is 2.49 bits per heavy atom. The van der Waals surface area contributed by atoms with Crippen molar-refractivity contribution in [3.63, 3.8) is 0 Å². The average Bonchev–Trinajstić information content (AvgIpc) is 3.33. The molecule has 3 aromatic rings. The highest BCUT2D eigenvalue weighted by atomic mass is 19.4. The molecule has 1 saturated heterocycles. The fraction of sp³-hybridized carbons (Fsp3) is 0.444. The topological polar surface area (TPSA) is 74.5 Å². The lowest BCUT2D eigenvalue weighted by Crippen LogP contribution is -2.42. The Balaban J connectivity index is 1.43. The van der Waals surface area contributed by atoms with Crippen molar-refractivity contribution in [2.45, 2.75) is 39.5 Å². The summed E-state index contributed by atoms with van der Waals surface area (Å²) in [5.74, 6) is 0.316. The summed E-state index contributed by atoms with van der Waals surface area (Å²) in [6, 6.07) is 13.1. The minimum Gasteiger partial charge on any atom is -0.337 e. The predicted molar refractivity (Wildman–Crippen MR) is 133 cm³/mol. The minimum absolute atomic E-state index is 0.0271. The van der Waals surface area contributed by atoms with Crippen LogP contribution in [0.2, 0.25) is 0 Å². The molecule has 198 valence electrons. The van der Waals surface area contributed by atoms with Gasteiger partial charge in [0.25, 0.3) is 0 Å². The first kappa shape index (κ1) is 26.8. The van der Waals surface area contributed by atoms with Crippen LogP contribution in [0.3, 0.4) is 0 Å². The molecule has 1 amide bonds. The van der Waals surface area contributed by atoms with Gasteiger partial charge in [0.1, 0.15) is 6.54 Å². The van der Waals surface area contributed by atoms with Crippen LogP contribution < -0.4 is 5.32 Å². The van der Waals surface area contributed by atoms with Crippen LogP contribution in [0.15, 0.2) is 53.1 Å². The van der Waals surface area contributed by atoms with Crippen molar-refractivity contribution in [3.8, 4) is 11.4 Å². The van der Waals surface area contributed by atoms with Crippen LogP contribution in [0.1, 0.15) is 36.4 Å². The lowest BCUT2D eigenvalue weighted by Gasteiger charge is -2.27. The molecular formula is C27H32F3N5O2. The summed E-state index contributed by atoms with van der Waals surface area (Å²) in [6.07, 6.45) is -4.89. The van der Waals surface area contributed by atoms with Crippen LogP contribution >= 0.6 is 0 Å². The van der Waals surface area contributed by atoms with E-state index in [0.717, 1.165) is 44.4 Å². The van der Waals surface area contributed by atoms with E-state index < -0.39 is 17.6 Å². The van der Waals surface area contributed by atoms with Crippen molar-refractivity contribution in [1.82, 2.24) is 25.3 Å². The van der Waals surface area contributed by atoms with Gasteiger partial charge in [-0.15, -0.1) is 0 Å². The van der Waals surface area contributed by atoms with E-state index in [1.54, 1.807) is 0 Å². The van der Waals surface area contributed by atoms with E-state index in [9.17, 15) is 18.0 Å². The molecule has 1 aliphatic heterocycles. The number of hydrogen-bond donors (Lipinski definition) is 1. The molecule has 0 aliphatic carbocycles. The Hall–Kier alpha value is -3.24. The van der Waals surface area contributed by atoms with E-state index in [1.165, 1.54) is 28.7 Å². The van der Waals surface area contributed by atoms with Crippen molar-refractivity contribution < 1.29 is 22.5 Å². The van der Waals surface area contributed by atoms with Gasteiger partial charge in [0.15, 0.2) is 0 Å². The Bertz CT molecular complexity index is 1170. The third-order valence-corrected chi connectivity index (χ3v) is 6.22. The number of amides is 1. The number of alkyl halides is 3. The van der Waals surface area contributed by atoms with Gasteiger partial charge in [-0.25, -0.2) is 0 Å². The third kappa shape index (κ3) is 7.39. The number of hydrogen-bond acceptors (Lipinski definition) is 6. The fourth-order valence-electron chi connectivity index (χ4n) is 4.41. The van der Waals surface area contributed by atoms with Gasteiger partial charge in [-0.2, -0.15) is 18.2 Å². The summed E-state index contributed by atoms with van der Waals surface area (Å²) < 4.78 is 45.6. The molecular weight excluding hydrogens is 483 g/mol. The molecule has 0 atom stereocenters. The monoisotopic (exact) mass is 515 g/mol. The molecule has 10 heteroatoms. The fourth-order valence-corrected chi connectivity index (χ4v) is 4.41. The Kier molecular flexibility index (Phi) is 8.60. The van der Waals surface area contributed by atoms with E-state index >= 15 is 0 Å². The lowest BCUT2D eigenvalue weighted by atomic mass is 10.0. The zero-order chi connectivity index (χ0) is 26.4. The first-order valence-electron chi connectivity index (χ1n) is 12.5. The maximum Gasteiger partial charge on any atom is 0.416 e. The van der Waals surface area contributed by atoms with E-state index in [4.69, 9.17) is 4.52 Å². The summed E-state index contributed by atoms with van der Waals surface area (Å²) in [4.78, 5) is 21.4. The van der Waals surface area contributed by atoms with Crippen LogP contribution in [-0.4, -0.2) is 58.6 Å². The molecule has 0 bridgehead atoms. The number of aromatic nitrogens is 2. The van der Waals surface area contributed by atoms with E-state index in [1.807, 2.05) is 38.1 Å². The molecule has 2 heterocycles. The van der Waals surface area contributed by atoms with Gasteiger partial charge in [-0.1, -0.05) is 61.5 Å². The average molecular weight is 516 g/mol. The van der Waals surface area contributed by atoms with Gasteiger partial charge in [-0.3, -0.25) is 9.69 Å². The molecule has 1 aliphatic rings. The largest absolute Gasteiger partial charge is 0.416 e. The third-order valence-electron chi connectivity index (χ3n) is 6.22. The van der Waals surface area contributed by atoms with Gasteiger partial charge < -0.3 is 14.7 Å². The minimum atomic E-state index is -4.53. The summed E-state index contributed by atoms with van der Waals surface area (Å²) in [5, 5.41) is 7.41. The number of rotatable bonds is 9. The van der Waals surface area contributed by atoms with E-state index in [2.05, 4.69) is 20.4 Å². The van der Waals surface area contributed by atoms with Crippen LogP contribution in [0.25, 0.3) is 11.4 Å². The number of benzene rings is 2. The zero-order valence-electron chi connectivity index (χ0n) is 21.1. The van der Waals surface area contributed by atoms with E-state index in [0.29, 0.717) is 12.4 Å². The number of halogens is 3. The molecule has 1 aromatic heterocycles. The molecule has 0 spiro atoms. The number of piperazine rings is 1. The van der Waals surface area contributed by atoms with Gasteiger partial charge in [0, 0.05) is 44.8 Å². The molecule has 4 rings (SSSR count). The highest BCUT2D eigenvalue weighted by Gasteiger charge is 2.34. The van der Waals surface area contributed by atoms with Crippen LogP contribution in [0.4, 0.5) is 13.2 Å². The SMILES string of the molecule is CC(C)CN(Cc1nc(-c2ccc(CN3CCNCC3)cc2)no1)C(=O)Cc1ccccc1C(F)(F)F. The summed E-state index contributed by atoms with van der Waals surface area (Å²) in [7, 11) is 0. The summed E-state index contributed by atoms with van der Waals surface area (Å²) in [6.45, 7) is 9.15. The quantitative estimate of drug-likeness (QED) is 0.456. The van der Waals surface area contributed by atoms with Crippen molar-refractivity contribution >= 4 is 5.91 Å². The molecule has 0 unspecified atom stereocenters. The van der Waals surface area contributed by atoms with Crippen molar-refractivity contribution in [3.05, 3.63) is 71.1 Å². The molecule has 0 radical (unpaired) electrons. The second kappa shape index (κ2) is 11.9. The number of nitrogens with zero attached hydrogens (tertiary/aromatic N) is 4. The van der Waals surface area contributed by atoms with Gasteiger partial charge >= 0.3 is 6.18 Å². The highest BCUT2D eigenvalue weighted by Crippen LogP contribution is 2.32. The summed E-state index contributed by atoms with van der Waals surface area (Å²) in [5.41, 5.74) is 1.14. The Labute approximate surface area is 214 Å². The molecule has 7 nitrogen and oxygen atoms in total. The van der Waals surface area contributed by atoms with Crippen LogP contribution in [-0.2, 0) is 30.5 Å².